The number of sulfone groups is 1. The van der Waals surface area contributed by atoms with E-state index in [1.54, 1.807) is 18.5 Å². The van der Waals surface area contributed by atoms with Crippen molar-refractivity contribution in [3.63, 3.8) is 0 Å². The molecule has 0 radical (unpaired) electrons. The molecule has 27 heavy (non-hydrogen) atoms. The fraction of sp³-hybridized carbons (Fsp3) is 0.316. The first-order valence-corrected chi connectivity index (χ1v) is 10.6. The van der Waals surface area contributed by atoms with Crippen LogP contribution in [0.3, 0.4) is 0 Å². The molecule has 0 amide bonds. The second kappa shape index (κ2) is 6.86. The highest BCUT2D eigenvalue weighted by Gasteiger charge is 2.23. The van der Waals surface area contributed by atoms with Crippen molar-refractivity contribution in [3.05, 3.63) is 48.7 Å². The summed E-state index contributed by atoms with van der Waals surface area (Å²) < 4.78 is 31.3. The smallest absolute Gasteiger partial charge is 0.177 e. The highest BCUT2D eigenvalue weighted by molar-refractivity contribution is 7.90. The first-order valence-electron chi connectivity index (χ1n) is 8.67. The predicted octanol–water partition coefficient (Wildman–Crippen LogP) is 2.68. The van der Waals surface area contributed by atoms with E-state index in [9.17, 15) is 8.42 Å². The zero-order valence-corrected chi connectivity index (χ0v) is 16.0. The molecule has 1 aliphatic heterocycles. The molecular weight excluding hydrogens is 364 g/mol. The van der Waals surface area contributed by atoms with Gasteiger partial charge in [0.1, 0.15) is 5.69 Å². The summed E-state index contributed by atoms with van der Waals surface area (Å²) in [5, 5.41) is 0. The SMILES string of the molecule is Cc1cnc(-c2cc(-c3cncc(S(C)(=O)=O)c3)ccn2)n1[C@H]1CCOC1. The molecule has 140 valence electrons. The lowest BCUT2D eigenvalue weighted by molar-refractivity contribution is 0.186. The molecule has 1 atom stereocenters. The van der Waals surface area contributed by atoms with Gasteiger partial charge in [0.05, 0.1) is 17.5 Å². The van der Waals surface area contributed by atoms with Gasteiger partial charge in [-0.25, -0.2) is 13.4 Å². The first kappa shape index (κ1) is 17.8. The van der Waals surface area contributed by atoms with Crippen molar-refractivity contribution in [3.8, 4) is 22.6 Å². The maximum atomic E-state index is 11.8. The van der Waals surface area contributed by atoms with Crippen molar-refractivity contribution in [1.29, 1.82) is 0 Å². The van der Waals surface area contributed by atoms with Gasteiger partial charge in [0.15, 0.2) is 15.7 Å². The van der Waals surface area contributed by atoms with Crippen LogP contribution in [0.1, 0.15) is 18.2 Å². The van der Waals surface area contributed by atoms with E-state index in [-0.39, 0.29) is 10.9 Å². The zero-order chi connectivity index (χ0) is 19.0. The van der Waals surface area contributed by atoms with Crippen molar-refractivity contribution < 1.29 is 13.2 Å². The fourth-order valence-corrected chi connectivity index (χ4v) is 3.93. The van der Waals surface area contributed by atoms with Gasteiger partial charge in [-0.1, -0.05) is 0 Å². The van der Waals surface area contributed by atoms with Crippen LogP contribution in [0.2, 0.25) is 0 Å². The van der Waals surface area contributed by atoms with Gasteiger partial charge in [-0.3, -0.25) is 9.97 Å². The van der Waals surface area contributed by atoms with E-state index in [0.29, 0.717) is 6.61 Å². The fourth-order valence-electron chi connectivity index (χ4n) is 3.33. The van der Waals surface area contributed by atoms with Gasteiger partial charge in [-0.05, 0) is 37.1 Å². The molecule has 1 saturated heterocycles. The van der Waals surface area contributed by atoms with Gasteiger partial charge >= 0.3 is 0 Å². The lowest BCUT2D eigenvalue weighted by Gasteiger charge is -2.16. The van der Waals surface area contributed by atoms with Crippen LogP contribution in [0.25, 0.3) is 22.6 Å². The summed E-state index contributed by atoms with van der Waals surface area (Å²) in [5.41, 5.74) is 3.36. The van der Waals surface area contributed by atoms with Crippen LogP contribution in [0.5, 0.6) is 0 Å². The second-order valence-corrected chi connectivity index (χ2v) is 8.74. The molecule has 0 N–H and O–H groups in total. The number of pyridine rings is 2. The Morgan fingerprint density at radius 3 is 2.74 bits per heavy atom. The monoisotopic (exact) mass is 384 g/mol. The predicted molar refractivity (Wildman–Crippen MR) is 101 cm³/mol. The van der Waals surface area contributed by atoms with Crippen molar-refractivity contribution in [2.45, 2.75) is 24.3 Å². The third-order valence-corrected chi connectivity index (χ3v) is 5.80. The summed E-state index contributed by atoms with van der Waals surface area (Å²) in [7, 11) is -3.32. The number of hydrogen-bond acceptors (Lipinski definition) is 6. The summed E-state index contributed by atoms with van der Waals surface area (Å²) in [4.78, 5) is 13.3. The highest BCUT2D eigenvalue weighted by atomic mass is 32.2. The number of aromatic nitrogens is 4. The molecule has 0 saturated carbocycles. The third kappa shape index (κ3) is 3.50. The minimum atomic E-state index is -3.32. The Bertz CT molecular complexity index is 1090. The Labute approximate surface area is 158 Å². The molecule has 0 spiro atoms. The van der Waals surface area contributed by atoms with Crippen molar-refractivity contribution in [2.75, 3.05) is 19.5 Å². The van der Waals surface area contributed by atoms with E-state index in [2.05, 4.69) is 19.5 Å². The lowest BCUT2D eigenvalue weighted by atomic mass is 10.1. The van der Waals surface area contributed by atoms with Crippen LogP contribution in [-0.2, 0) is 14.6 Å². The molecular formula is C19H20N4O3S. The first-order chi connectivity index (χ1) is 12.9. The molecule has 3 aromatic rings. The van der Waals surface area contributed by atoms with Crippen LogP contribution in [0.4, 0.5) is 0 Å². The molecule has 7 nitrogen and oxygen atoms in total. The van der Waals surface area contributed by atoms with Gasteiger partial charge < -0.3 is 9.30 Å². The Hall–Kier alpha value is -2.58. The summed E-state index contributed by atoms with van der Waals surface area (Å²) in [6.07, 6.45) is 8.68. The number of nitrogens with zero attached hydrogens (tertiary/aromatic N) is 4. The molecule has 4 rings (SSSR count). The number of hydrogen-bond donors (Lipinski definition) is 0. The molecule has 1 fully saturated rings. The Morgan fingerprint density at radius 2 is 2.00 bits per heavy atom. The third-order valence-electron chi connectivity index (χ3n) is 4.72. The normalized spacial score (nSPS) is 17.3. The minimum Gasteiger partial charge on any atom is -0.379 e. The Balaban J connectivity index is 1.77. The number of rotatable bonds is 4. The van der Waals surface area contributed by atoms with E-state index < -0.39 is 9.84 Å². The summed E-state index contributed by atoms with van der Waals surface area (Å²) in [5.74, 6) is 0.789. The summed E-state index contributed by atoms with van der Waals surface area (Å²) in [6.45, 7) is 3.45. The quantitative estimate of drug-likeness (QED) is 0.687. The maximum absolute atomic E-state index is 11.8. The molecule has 3 aromatic heterocycles. The molecule has 0 aliphatic carbocycles. The van der Waals surface area contributed by atoms with E-state index >= 15 is 0 Å². The topological polar surface area (TPSA) is 87.0 Å². The van der Waals surface area contributed by atoms with Crippen LogP contribution < -0.4 is 0 Å². The molecule has 1 aliphatic rings. The number of ether oxygens (including phenoxy) is 1. The molecule has 0 aromatic carbocycles. The van der Waals surface area contributed by atoms with E-state index in [1.807, 2.05) is 25.3 Å². The Kier molecular flexibility index (Phi) is 4.53. The number of aryl methyl sites for hydroxylation is 1. The zero-order valence-electron chi connectivity index (χ0n) is 15.2. The van der Waals surface area contributed by atoms with E-state index in [4.69, 9.17) is 4.74 Å². The summed E-state index contributed by atoms with van der Waals surface area (Å²) in [6, 6.07) is 5.63. The lowest BCUT2D eigenvalue weighted by Crippen LogP contribution is -2.12. The second-order valence-electron chi connectivity index (χ2n) is 6.72. The van der Waals surface area contributed by atoms with E-state index in [1.165, 1.54) is 12.5 Å². The van der Waals surface area contributed by atoms with Crippen molar-refractivity contribution in [2.24, 2.45) is 0 Å². The average molecular weight is 384 g/mol. The maximum Gasteiger partial charge on any atom is 0.177 e. The molecule has 8 heteroatoms. The number of imidazole rings is 1. The van der Waals surface area contributed by atoms with Gasteiger partial charge in [-0.15, -0.1) is 0 Å². The van der Waals surface area contributed by atoms with Crippen molar-refractivity contribution in [1.82, 2.24) is 19.5 Å². The van der Waals surface area contributed by atoms with Gasteiger partial charge in [0.2, 0.25) is 0 Å². The van der Waals surface area contributed by atoms with Gasteiger partial charge in [-0.2, -0.15) is 0 Å². The van der Waals surface area contributed by atoms with Crippen LogP contribution >= 0.6 is 0 Å². The molecule has 0 bridgehead atoms. The van der Waals surface area contributed by atoms with Gasteiger partial charge in [0, 0.05) is 48.9 Å². The largest absolute Gasteiger partial charge is 0.379 e. The van der Waals surface area contributed by atoms with Crippen LogP contribution in [0.15, 0.2) is 47.9 Å². The summed E-state index contributed by atoms with van der Waals surface area (Å²) >= 11 is 0. The highest BCUT2D eigenvalue weighted by Crippen LogP contribution is 2.30. The molecule has 4 heterocycles. The molecule has 0 unspecified atom stereocenters. The van der Waals surface area contributed by atoms with Crippen LogP contribution in [-0.4, -0.2) is 47.4 Å². The van der Waals surface area contributed by atoms with Crippen molar-refractivity contribution >= 4 is 9.84 Å². The van der Waals surface area contributed by atoms with Crippen LogP contribution in [0, 0.1) is 6.92 Å². The van der Waals surface area contributed by atoms with Gasteiger partial charge in [0.25, 0.3) is 0 Å². The Morgan fingerprint density at radius 1 is 1.15 bits per heavy atom. The minimum absolute atomic E-state index is 0.193. The standard InChI is InChI=1S/C19H20N4O3S/c1-13-9-22-19(23(13)16-4-6-26-12-16)18-8-14(3-5-21-18)15-7-17(11-20-10-15)27(2,24)25/h3,5,7-11,16H,4,6,12H2,1-2H3/t16-/m0/s1. The van der Waals surface area contributed by atoms with E-state index in [0.717, 1.165) is 41.4 Å². The average Bonchev–Trinajstić information content (AvgIpc) is 3.30.